The van der Waals surface area contributed by atoms with E-state index >= 15 is 0 Å². The maximum absolute atomic E-state index is 11.0. The van der Waals surface area contributed by atoms with Crippen LogP contribution in [0.15, 0.2) is 24.3 Å². The highest BCUT2D eigenvalue weighted by atomic mass is 32.2. The first-order valence-corrected chi connectivity index (χ1v) is 7.44. The maximum Gasteiger partial charge on any atom is 0.339 e. The van der Waals surface area contributed by atoms with E-state index in [1.165, 1.54) is 0 Å². The Balaban J connectivity index is 2.21. The van der Waals surface area contributed by atoms with Gasteiger partial charge < -0.3 is 14.7 Å². The minimum absolute atomic E-state index is 0.225. The van der Waals surface area contributed by atoms with E-state index in [2.05, 4.69) is 19.0 Å². The monoisotopic (exact) mass is 283 g/mol. The third-order valence-corrected chi connectivity index (χ3v) is 3.54. The lowest BCUT2D eigenvalue weighted by molar-refractivity contribution is 0.0692. The van der Waals surface area contributed by atoms with Crippen LogP contribution in [0.5, 0.6) is 5.75 Å². The lowest BCUT2D eigenvalue weighted by atomic mass is 10.2. The van der Waals surface area contributed by atoms with Crippen molar-refractivity contribution in [2.24, 2.45) is 0 Å². The molecule has 1 aromatic carbocycles. The van der Waals surface area contributed by atoms with Crippen LogP contribution in [0.4, 0.5) is 0 Å². The number of rotatable bonds is 9. The largest absolute Gasteiger partial charge is 0.493 e. The number of nitrogens with zero attached hydrogens (tertiary/aromatic N) is 1. The first-order valence-electron chi connectivity index (χ1n) is 6.29. The maximum atomic E-state index is 11.0. The molecule has 106 valence electrons. The number of carboxylic acid groups (broad SMARTS) is 1. The van der Waals surface area contributed by atoms with Gasteiger partial charge in [0.1, 0.15) is 11.3 Å². The van der Waals surface area contributed by atoms with Crippen LogP contribution in [0.1, 0.15) is 16.8 Å². The fraction of sp³-hybridized carbons (Fsp3) is 0.500. The van der Waals surface area contributed by atoms with Gasteiger partial charge in [0.05, 0.1) is 6.61 Å². The van der Waals surface area contributed by atoms with Gasteiger partial charge in [-0.2, -0.15) is 11.8 Å². The Morgan fingerprint density at radius 1 is 1.32 bits per heavy atom. The lowest BCUT2D eigenvalue weighted by Crippen LogP contribution is -2.15. The van der Waals surface area contributed by atoms with Gasteiger partial charge in [0, 0.05) is 12.3 Å². The molecule has 0 radical (unpaired) electrons. The molecule has 0 unspecified atom stereocenters. The second-order valence-corrected chi connectivity index (χ2v) is 5.64. The highest BCUT2D eigenvalue weighted by Gasteiger charge is 2.09. The fourth-order valence-corrected chi connectivity index (χ4v) is 2.48. The molecule has 19 heavy (non-hydrogen) atoms. The van der Waals surface area contributed by atoms with E-state index in [0.717, 1.165) is 24.5 Å². The number of ether oxygens (including phenoxy) is 1. The number of para-hydroxylation sites is 1. The molecule has 0 fully saturated rings. The van der Waals surface area contributed by atoms with E-state index < -0.39 is 5.97 Å². The summed E-state index contributed by atoms with van der Waals surface area (Å²) in [4.78, 5) is 13.1. The molecular formula is C14H21NO3S. The van der Waals surface area contributed by atoms with Crippen molar-refractivity contribution in [3.63, 3.8) is 0 Å². The molecule has 0 saturated carbocycles. The number of aromatic carboxylic acids is 1. The predicted octanol–water partition coefficient (Wildman–Crippen LogP) is 2.45. The van der Waals surface area contributed by atoms with Crippen molar-refractivity contribution < 1.29 is 14.6 Å². The second kappa shape index (κ2) is 8.82. The highest BCUT2D eigenvalue weighted by Crippen LogP contribution is 2.18. The Morgan fingerprint density at radius 2 is 2.05 bits per heavy atom. The zero-order valence-corrected chi connectivity index (χ0v) is 12.3. The number of carboxylic acids is 1. The molecule has 0 heterocycles. The van der Waals surface area contributed by atoms with Crippen molar-refractivity contribution in [3.05, 3.63) is 29.8 Å². The summed E-state index contributed by atoms with van der Waals surface area (Å²) in [5, 5.41) is 9.00. The Hall–Kier alpha value is -1.20. The highest BCUT2D eigenvalue weighted by molar-refractivity contribution is 7.99. The second-order valence-electron chi connectivity index (χ2n) is 4.42. The summed E-state index contributed by atoms with van der Waals surface area (Å²) < 4.78 is 5.52. The van der Waals surface area contributed by atoms with Crippen LogP contribution in [0.25, 0.3) is 0 Å². The minimum Gasteiger partial charge on any atom is -0.493 e. The van der Waals surface area contributed by atoms with E-state index in [9.17, 15) is 4.79 Å². The molecule has 0 atom stereocenters. The molecule has 0 aromatic heterocycles. The SMILES string of the molecule is CN(C)CCSCCCOc1ccccc1C(=O)O. The lowest BCUT2D eigenvalue weighted by Gasteiger charge is -2.10. The molecule has 0 saturated heterocycles. The molecule has 0 aliphatic carbocycles. The van der Waals surface area contributed by atoms with E-state index in [-0.39, 0.29) is 5.56 Å². The zero-order valence-electron chi connectivity index (χ0n) is 11.5. The zero-order chi connectivity index (χ0) is 14.1. The van der Waals surface area contributed by atoms with Crippen molar-refractivity contribution in [1.82, 2.24) is 4.90 Å². The van der Waals surface area contributed by atoms with E-state index in [1.807, 2.05) is 11.8 Å². The Morgan fingerprint density at radius 3 is 2.74 bits per heavy atom. The molecule has 4 nitrogen and oxygen atoms in total. The Kier molecular flexibility index (Phi) is 7.36. The predicted molar refractivity (Wildman–Crippen MR) is 79.4 cm³/mol. The molecule has 5 heteroatoms. The number of hydrogen-bond acceptors (Lipinski definition) is 4. The smallest absolute Gasteiger partial charge is 0.339 e. The van der Waals surface area contributed by atoms with Crippen molar-refractivity contribution in [3.8, 4) is 5.75 Å². The van der Waals surface area contributed by atoms with Gasteiger partial charge in [-0.15, -0.1) is 0 Å². The van der Waals surface area contributed by atoms with Gasteiger partial charge in [-0.1, -0.05) is 12.1 Å². The van der Waals surface area contributed by atoms with E-state index in [4.69, 9.17) is 9.84 Å². The molecule has 0 aliphatic heterocycles. The van der Waals surface area contributed by atoms with Gasteiger partial charge in [-0.3, -0.25) is 0 Å². The Bertz CT molecular complexity index is 396. The molecular weight excluding hydrogens is 262 g/mol. The third-order valence-electron chi connectivity index (χ3n) is 2.49. The van der Waals surface area contributed by atoms with Gasteiger partial charge in [-0.05, 0) is 38.4 Å². The van der Waals surface area contributed by atoms with Crippen LogP contribution in [-0.2, 0) is 0 Å². The number of thioether (sulfide) groups is 1. The summed E-state index contributed by atoms with van der Waals surface area (Å²) in [6.07, 6.45) is 0.923. The first-order chi connectivity index (χ1) is 9.11. The van der Waals surface area contributed by atoms with Crippen molar-refractivity contribution >= 4 is 17.7 Å². The van der Waals surface area contributed by atoms with Crippen LogP contribution in [0.2, 0.25) is 0 Å². The standard InChI is InChI=1S/C14H21NO3S/c1-15(2)8-11-19-10-5-9-18-13-7-4-3-6-12(13)14(16)17/h3-4,6-7H,5,8-11H2,1-2H3,(H,16,17). The van der Waals surface area contributed by atoms with Gasteiger partial charge in [0.25, 0.3) is 0 Å². The van der Waals surface area contributed by atoms with Gasteiger partial charge in [-0.25, -0.2) is 4.79 Å². The van der Waals surface area contributed by atoms with Crippen LogP contribution < -0.4 is 4.74 Å². The summed E-state index contributed by atoms with van der Waals surface area (Å²) in [6.45, 7) is 1.63. The molecule has 1 aromatic rings. The first kappa shape index (κ1) is 15.9. The number of benzene rings is 1. The molecule has 1 rings (SSSR count). The van der Waals surface area contributed by atoms with Crippen LogP contribution in [0, 0.1) is 0 Å². The summed E-state index contributed by atoms with van der Waals surface area (Å²) in [6, 6.07) is 6.74. The van der Waals surface area contributed by atoms with Gasteiger partial charge >= 0.3 is 5.97 Å². The molecule has 0 spiro atoms. The third kappa shape index (κ3) is 6.50. The Labute approximate surface area is 118 Å². The average molecular weight is 283 g/mol. The van der Waals surface area contributed by atoms with E-state index in [1.54, 1.807) is 24.3 Å². The average Bonchev–Trinajstić information content (AvgIpc) is 2.37. The summed E-state index contributed by atoms with van der Waals surface area (Å²) >= 11 is 1.89. The van der Waals surface area contributed by atoms with Crippen molar-refractivity contribution in [2.75, 3.05) is 38.8 Å². The summed E-state index contributed by atoms with van der Waals surface area (Å²) in [7, 11) is 4.12. The van der Waals surface area contributed by atoms with Gasteiger partial charge in [0.2, 0.25) is 0 Å². The van der Waals surface area contributed by atoms with Crippen LogP contribution in [0.3, 0.4) is 0 Å². The molecule has 1 N–H and O–H groups in total. The van der Waals surface area contributed by atoms with E-state index in [0.29, 0.717) is 12.4 Å². The van der Waals surface area contributed by atoms with Crippen LogP contribution in [-0.4, -0.2) is 54.7 Å². The topological polar surface area (TPSA) is 49.8 Å². The van der Waals surface area contributed by atoms with Crippen molar-refractivity contribution in [1.29, 1.82) is 0 Å². The number of carbonyl (C=O) groups is 1. The van der Waals surface area contributed by atoms with Gasteiger partial charge in [0.15, 0.2) is 0 Å². The summed E-state index contributed by atoms with van der Waals surface area (Å²) in [5.74, 6) is 1.64. The number of hydrogen-bond donors (Lipinski definition) is 1. The quantitative estimate of drug-likeness (QED) is 0.705. The molecule has 0 amide bonds. The normalized spacial score (nSPS) is 10.7. The van der Waals surface area contributed by atoms with Crippen LogP contribution >= 0.6 is 11.8 Å². The minimum atomic E-state index is -0.948. The molecule has 0 bridgehead atoms. The molecule has 0 aliphatic rings. The fourth-order valence-electron chi connectivity index (χ4n) is 1.46. The summed E-state index contributed by atoms with van der Waals surface area (Å²) in [5.41, 5.74) is 0.225. The van der Waals surface area contributed by atoms with Crippen molar-refractivity contribution in [2.45, 2.75) is 6.42 Å².